The number of ether oxygens (including phenoxy) is 2. The van der Waals surface area contributed by atoms with Gasteiger partial charge in [-0.15, -0.1) is 0 Å². The maximum atomic E-state index is 12.8. The van der Waals surface area contributed by atoms with Crippen molar-refractivity contribution in [1.29, 1.82) is 5.26 Å². The molecule has 0 spiro atoms. The lowest BCUT2D eigenvalue weighted by Crippen LogP contribution is -2.50. The number of sulfonamides is 1. The van der Waals surface area contributed by atoms with Gasteiger partial charge in [0.25, 0.3) is 0 Å². The van der Waals surface area contributed by atoms with Gasteiger partial charge in [0.2, 0.25) is 15.9 Å². The summed E-state index contributed by atoms with van der Waals surface area (Å²) >= 11 is 0. The standard InChI is InChI=1S/C24H25N3O6S/c25-17-18-2-5-20(6-3-18)34(30,31)27-12-10-26(11-13-27)24(29)9-7-21(28)19-4-8-22-23(16-19)33-15-1-14-32-22/h2-6,8,16H,1,7,9-15H2. The molecule has 2 aliphatic heterocycles. The predicted octanol–water partition coefficient (Wildman–Crippen LogP) is 2.22. The number of piperazine rings is 1. The number of Topliss-reactive ketones (excluding diaryl/α,β-unsaturated/α-hetero) is 1. The van der Waals surface area contributed by atoms with E-state index in [9.17, 15) is 18.0 Å². The number of benzene rings is 2. The van der Waals surface area contributed by atoms with E-state index in [-0.39, 0.29) is 55.6 Å². The van der Waals surface area contributed by atoms with Crippen molar-refractivity contribution in [2.24, 2.45) is 0 Å². The smallest absolute Gasteiger partial charge is 0.243 e. The van der Waals surface area contributed by atoms with E-state index < -0.39 is 10.0 Å². The third-order valence-electron chi connectivity index (χ3n) is 5.85. The van der Waals surface area contributed by atoms with Crippen molar-refractivity contribution < 1.29 is 27.5 Å². The van der Waals surface area contributed by atoms with Crippen LogP contribution in [0.1, 0.15) is 35.2 Å². The summed E-state index contributed by atoms with van der Waals surface area (Å²) in [5.41, 5.74) is 0.853. The fourth-order valence-electron chi connectivity index (χ4n) is 3.89. The number of fused-ring (bicyclic) bond motifs is 1. The fraction of sp³-hybridized carbons (Fsp3) is 0.375. The highest BCUT2D eigenvalue weighted by atomic mass is 32.2. The molecular weight excluding hydrogens is 458 g/mol. The Labute approximate surface area is 198 Å². The molecule has 9 nitrogen and oxygen atoms in total. The first kappa shape index (κ1) is 23.7. The van der Waals surface area contributed by atoms with Crippen LogP contribution in [0.2, 0.25) is 0 Å². The monoisotopic (exact) mass is 483 g/mol. The van der Waals surface area contributed by atoms with E-state index in [0.717, 1.165) is 6.42 Å². The first-order chi connectivity index (χ1) is 16.4. The largest absolute Gasteiger partial charge is 0.490 e. The molecular formula is C24H25N3O6S. The molecule has 0 atom stereocenters. The first-order valence-electron chi connectivity index (χ1n) is 11.1. The van der Waals surface area contributed by atoms with E-state index in [1.165, 1.54) is 28.6 Å². The van der Waals surface area contributed by atoms with E-state index in [2.05, 4.69) is 0 Å². The molecule has 0 radical (unpaired) electrons. The third-order valence-corrected chi connectivity index (χ3v) is 7.76. The number of carbonyl (C=O) groups excluding carboxylic acids is 2. The minimum atomic E-state index is -3.70. The summed E-state index contributed by atoms with van der Waals surface area (Å²) in [6.45, 7) is 1.94. The summed E-state index contributed by atoms with van der Waals surface area (Å²) in [4.78, 5) is 27.0. The van der Waals surface area contributed by atoms with Crippen LogP contribution in [-0.2, 0) is 14.8 Å². The van der Waals surface area contributed by atoms with E-state index in [1.54, 1.807) is 23.1 Å². The zero-order chi connectivity index (χ0) is 24.1. The Balaban J connectivity index is 1.29. The second-order valence-electron chi connectivity index (χ2n) is 8.06. The van der Waals surface area contributed by atoms with Gasteiger partial charge < -0.3 is 14.4 Å². The summed E-state index contributed by atoms with van der Waals surface area (Å²) in [6.07, 6.45) is 0.881. The van der Waals surface area contributed by atoms with Gasteiger partial charge >= 0.3 is 0 Å². The zero-order valence-corrected chi connectivity index (χ0v) is 19.4. The van der Waals surface area contributed by atoms with Crippen LogP contribution in [0.3, 0.4) is 0 Å². The number of hydrogen-bond donors (Lipinski definition) is 0. The molecule has 178 valence electrons. The molecule has 1 amide bonds. The van der Waals surface area contributed by atoms with Gasteiger partial charge in [-0.2, -0.15) is 9.57 Å². The molecule has 0 saturated carbocycles. The van der Waals surface area contributed by atoms with Crippen LogP contribution in [0.5, 0.6) is 11.5 Å². The molecule has 0 aromatic heterocycles. The molecule has 34 heavy (non-hydrogen) atoms. The van der Waals surface area contributed by atoms with Crippen molar-refractivity contribution >= 4 is 21.7 Å². The molecule has 10 heteroatoms. The Hall–Kier alpha value is -3.42. The molecule has 2 aromatic rings. The summed E-state index contributed by atoms with van der Waals surface area (Å²) in [7, 11) is -3.70. The van der Waals surface area contributed by atoms with Gasteiger partial charge in [-0.3, -0.25) is 9.59 Å². The molecule has 2 aliphatic rings. The summed E-state index contributed by atoms with van der Waals surface area (Å²) in [6, 6.07) is 12.8. The third kappa shape index (κ3) is 5.21. The van der Waals surface area contributed by atoms with Crippen LogP contribution >= 0.6 is 0 Å². The molecule has 0 unspecified atom stereocenters. The molecule has 1 saturated heterocycles. The highest BCUT2D eigenvalue weighted by Gasteiger charge is 2.30. The topological polar surface area (TPSA) is 117 Å². The van der Waals surface area contributed by atoms with E-state index in [0.29, 0.717) is 35.8 Å². The van der Waals surface area contributed by atoms with E-state index in [4.69, 9.17) is 14.7 Å². The molecule has 1 fully saturated rings. The Morgan fingerprint density at radius 3 is 2.26 bits per heavy atom. The number of hydrogen-bond acceptors (Lipinski definition) is 7. The zero-order valence-electron chi connectivity index (χ0n) is 18.6. The minimum Gasteiger partial charge on any atom is -0.490 e. The van der Waals surface area contributed by atoms with Crippen LogP contribution in [-0.4, -0.2) is 68.7 Å². The number of amides is 1. The van der Waals surface area contributed by atoms with Crippen LogP contribution in [0, 0.1) is 11.3 Å². The Morgan fingerprint density at radius 2 is 1.59 bits per heavy atom. The highest BCUT2D eigenvalue weighted by molar-refractivity contribution is 7.89. The SMILES string of the molecule is N#Cc1ccc(S(=O)(=O)N2CCN(C(=O)CCC(=O)c3ccc4c(c3)OCCCO4)CC2)cc1. The quantitative estimate of drug-likeness (QED) is 0.578. The first-order valence-corrected chi connectivity index (χ1v) is 12.5. The average Bonchev–Trinajstić information content (AvgIpc) is 3.12. The van der Waals surface area contributed by atoms with Crippen molar-refractivity contribution in [3.05, 3.63) is 53.6 Å². The Kier molecular flexibility index (Phi) is 7.14. The molecule has 0 aliphatic carbocycles. The van der Waals surface area contributed by atoms with Gasteiger partial charge in [0.15, 0.2) is 17.3 Å². The van der Waals surface area contributed by atoms with Crippen molar-refractivity contribution in [2.45, 2.75) is 24.2 Å². The van der Waals surface area contributed by atoms with Gasteiger partial charge in [-0.25, -0.2) is 8.42 Å². The summed E-state index contributed by atoms with van der Waals surface area (Å²) < 4.78 is 38.2. The fourth-order valence-corrected chi connectivity index (χ4v) is 5.31. The number of nitriles is 1. The van der Waals surface area contributed by atoms with Gasteiger partial charge in [-0.1, -0.05) is 0 Å². The van der Waals surface area contributed by atoms with Crippen LogP contribution in [0.4, 0.5) is 0 Å². The average molecular weight is 484 g/mol. The van der Waals surface area contributed by atoms with Crippen molar-refractivity contribution in [1.82, 2.24) is 9.21 Å². The lowest BCUT2D eigenvalue weighted by Gasteiger charge is -2.34. The van der Waals surface area contributed by atoms with Crippen molar-refractivity contribution in [2.75, 3.05) is 39.4 Å². The van der Waals surface area contributed by atoms with Gasteiger partial charge in [0.05, 0.1) is 29.7 Å². The van der Waals surface area contributed by atoms with Crippen LogP contribution in [0.15, 0.2) is 47.4 Å². The van der Waals surface area contributed by atoms with Crippen LogP contribution in [0.25, 0.3) is 0 Å². The molecule has 2 heterocycles. The van der Waals surface area contributed by atoms with Crippen molar-refractivity contribution in [3.8, 4) is 17.6 Å². The molecule has 4 rings (SSSR count). The lowest BCUT2D eigenvalue weighted by molar-refractivity contribution is -0.132. The molecule has 0 bridgehead atoms. The second kappa shape index (κ2) is 10.2. The van der Waals surface area contributed by atoms with Gasteiger partial charge in [0, 0.05) is 51.0 Å². The minimum absolute atomic E-state index is 0.0512. The van der Waals surface area contributed by atoms with Gasteiger partial charge in [0.1, 0.15) is 0 Å². The number of nitrogens with zero attached hydrogens (tertiary/aromatic N) is 3. The van der Waals surface area contributed by atoms with E-state index >= 15 is 0 Å². The second-order valence-corrected chi connectivity index (χ2v) is 9.99. The molecule has 2 aromatic carbocycles. The van der Waals surface area contributed by atoms with Crippen molar-refractivity contribution in [3.63, 3.8) is 0 Å². The maximum absolute atomic E-state index is 12.8. The maximum Gasteiger partial charge on any atom is 0.243 e. The Bertz CT molecular complexity index is 1210. The number of carbonyl (C=O) groups is 2. The van der Waals surface area contributed by atoms with E-state index in [1.807, 2.05) is 6.07 Å². The normalized spacial score (nSPS) is 16.4. The lowest BCUT2D eigenvalue weighted by atomic mass is 10.1. The highest BCUT2D eigenvalue weighted by Crippen LogP contribution is 2.31. The molecule has 0 N–H and O–H groups in total. The Morgan fingerprint density at radius 1 is 0.912 bits per heavy atom. The number of ketones is 1. The predicted molar refractivity (Wildman–Crippen MR) is 122 cm³/mol. The summed E-state index contributed by atoms with van der Waals surface area (Å²) in [5.74, 6) is 0.803. The number of rotatable bonds is 6. The van der Waals surface area contributed by atoms with Gasteiger partial charge in [-0.05, 0) is 42.5 Å². The summed E-state index contributed by atoms with van der Waals surface area (Å²) in [5, 5.41) is 8.88. The van der Waals surface area contributed by atoms with Crippen LogP contribution < -0.4 is 9.47 Å².